The number of aliphatic imine (C=N–C) groups is 1. The molecule has 8 nitrogen and oxygen atoms in total. The average Bonchev–Trinajstić information content (AvgIpc) is 2.97. The Morgan fingerprint density at radius 3 is 2.83 bits per heavy atom. The number of carbonyl (C=O) groups excluding carboxylic acids is 2. The minimum Gasteiger partial charge on any atom is -0.505 e. The molecule has 1 aromatic rings. The van der Waals surface area contributed by atoms with E-state index in [0.717, 1.165) is 11.1 Å². The number of aliphatic hydroxyl groups is 2. The second-order valence-corrected chi connectivity index (χ2v) is 7.45. The zero-order chi connectivity index (χ0) is 21.3. The van der Waals surface area contributed by atoms with Crippen LogP contribution in [0, 0.1) is 5.82 Å². The molecule has 0 radical (unpaired) electrons. The van der Waals surface area contributed by atoms with Crippen LogP contribution >= 0.6 is 0 Å². The highest BCUT2D eigenvalue weighted by molar-refractivity contribution is 6.27. The molecular weight excluding hydrogens is 391 g/mol. The van der Waals surface area contributed by atoms with Crippen LogP contribution in [0.2, 0.25) is 0 Å². The van der Waals surface area contributed by atoms with E-state index in [4.69, 9.17) is 5.11 Å². The van der Waals surface area contributed by atoms with Gasteiger partial charge in [-0.2, -0.15) is 0 Å². The molecular formula is C21H23FN4O4. The van der Waals surface area contributed by atoms with Crippen molar-refractivity contribution in [2.75, 3.05) is 26.2 Å². The monoisotopic (exact) mass is 414 g/mol. The van der Waals surface area contributed by atoms with E-state index in [1.165, 1.54) is 12.1 Å². The Balaban J connectivity index is 1.72. The van der Waals surface area contributed by atoms with Gasteiger partial charge in [-0.1, -0.05) is 12.1 Å². The van der Waals surface area contributed by atoms with Crippen LogP contribution in [0.4, 0.5) is 4.39 Å². The Kier molecular flexibility index (Phi) is 5.65. The summed E-state index contributed by atoms with van der Waals surface area (Å²) in [5, 5.41) is 25.5. The molecule has 158 valence electrons. The van der Waals surface area contributed by atoms with Crippen molar-refractivity contribution in [2.24, 2.45) is 4.99 Å². The molecule has 0 bridgehead atoms. The number of benzene rings is 1. The lowest BCUT2D eigenvalue weighted by Crippen LogP contribution is -2.60. The third-order valence-electron chi connectivity index (χ3n) is 5.54. The normalized spacial score (nSPS) is 23.4. The van der Waals surface area contributed by atoms with Gasteiger partial charge in [-0.05, 0) is 42.7 Å². The summed E-state index contributed by atoms with van der Waals surface area (Å²) in [7, 11) is 0. The summed E-state index contributed by atoms with van der Waals surface area (Å²) in [6.45, 7) is 0.777. The molecule has 1 aromatic carbocycles. The molecule has 3 heterocycles. The van der Waals surface area contributed by atoms with E-state index in [1.54, 1.807) is 23.2 Å². The highest BCUT2D eigenvalue weighted by Crippen LogP contribution is 2.32. The molecule has 3 aliphatic heterocycles. The van der Waals surface area contributed by atoms with Crippen molar-refractivity contribution < 1.29 is 24.2 Å². The number of amides is 2. The lowest BCUT2D eigenvalue weighted by Gasteiger charge is -2.41. The Morgan fingerprint density at radius 1 is 1.33 bits per heavy atom. The molecule has 9 heteroatoms. The number of hydrogen-bond donors (Lipinski definition) is 4. The molecule has 0 aromatic heterocycles. The van der Waals surface area contributed by atoms with Crippen molar-refractivity contribution in [1.82, 2.24) is 15.5 Å². The van der Waals surface area contributed by atoms with Gasteiger partial charge in [0.2, 0.25) is 0 Å². The summed E-state index contributed by atoms with van der Waals surface area (Å²) in [5.41, 5.74) is 1.74. The van der Waals surface area contributed by atoms with Gasteiger partial charge >= 0.3 is 0 Å². The fraction of sp³-hybridized carbons (Fsp3) is 0.381. The van der Waals surface area contributed by atoms with Crippen LogP contribution in [0.25, 0.3) is 0 Å². The summed E-state index contributed by atoms with van der Waals surface area (Å²) in [5.74, 6) is -2.02. The van der Waals surface area contributed by atoms with Crippen LogP contribution in [-0.2, 0) is 16.0 Å². The van der Waals surface area contributed by atoms with Crippen LogP contribution in [0.1, 0.15) is 12.0 Å². The van der Waals surface area contributed by atoms with Gasteiger partial charge in [-0.25, -0.2) is 4.39 Å². The number of carbonyl (C=O) groups is 2. The van der Waals surface area contributed by atoms with E-state index < -0.39 is 23.6 Å². The molecule has 4 rings (SSSR count). The lowest BCUT2D eigenvalue weighted by molar-refractivity contribution is -0.132. The summed E-state index contributed by atoms with van der Waals surface area (Å²) < 4.78 is 13.2. The van der Waals surface area contributed by atoms with Gasteiger partial charge < -0.3 is 25.7 Å². The topological polar surface area (TPSA) is 114 Å². The van der Waals surface area contributed by atoms with Crippen molar-refractivity contribution in [3.63, 3.8) is 0 Å². The third kappa shape index (κ3) is 3.61. The molecule has 3 aliphatic rings. The van der Waals surface area contributed by atoms with E-state index in [9.17, 15) is 19.1 Å². The minimum atomic E-state index is -0.734. The number of halogens is 1. The first-order valence-electron chi connectivity index (χ1n) is 9.89. The zero-order valence-electron chi connectivity index (χ0n) is 16.3. The van der Waals surface area contributed by atoms with Gasteiger partial charge in [0.1, 0.15) is 17.1 Å². The van der Waals surface area contributed by atoms with Crippen molar-refractivity contribution >= 4 is 17.5 Å². The van der Waals surface area contributed by atoms with E-state index in [0.29, 0.717) is 25.9 Å². The standard InChI is InChI=1S/C21H23FN4O4/c22-14-4-2-12(3-5-14)10-13-11-25-17-18-16(13)23-6-1-8-26(18)21(30)15(19(17)28)20(29)24-7-9-27/h2-5,11,16,18,23,27-28H,1,6-10H2,(H,24,29). The fourth-order valence-corrected chi connectivity index (χ4v) is 4.14. The number of nitrogens with one attached hydrogen (secondary N) is 2. The first kappa shape index (κ1) is 20.2. The van der Waals surface area contributed by atoms with Gasteiger partial charge in [0, 0.05) is 19.3 Å². The van der Waals surface area contributed by atoms with Gasteiger partial charge in [0.15, 0.2) is 5.76 Å². The van der Waals surface area contributed by atoms with Crippen LogP contribution in [0.5, 0.6) is 0 Å². The summed E-state index contributed by atoms with van der Waals surface area (Å²) >= 11 is 0. The second-order valence-electron chi connectivity index (χ2n) is 7.45. The summed E-state index contributed by atoms with van der Waals surface area (Å²) in [4.78, 5) is 31.5. The predicted molar refractivity (Wildman–Crippen MR) is 107 cm³/mol. The van der Waals surface area contributed by atoms with Crippen LogP contribution in [0.15, 0.2) is 52.4 Å². The maximum absolute atomic E-state index is 13.2. The van der Waals surface area contributed by atoms with Crippen LogP contribution < -0.4 is 10.6 Å². The fourth-order valence-electron chi connectivity index (χ4n) is 4.14. The molecule has 30 heavy (non-hydrogen) atoms. The van der Waals surface area contributed by atoms with E-state index >= 15 is 0 Å². The van der Waals surface area contributed by atoms with Gasteiger partial charge in [-0.15, -0.1) is 0 Å². The van der Waals surface area contributed by atoms with Crippen molar-refractivity contribution in [1.29, 1.82) is 0 Å². The van der Waals surface area contributed by atoms with Crippen molar-refractivity contribution in [2.45, 2.75) is 24.9 Å². The zero-order valence-corrected chi connectivity index (χ0v) is 16.3. The highest BCUT2D eigenvalue weighted by Gasteiger charge is 2.48. The predicted octanol–water partition coefficient (Wildman–Crippen LogP) is 0.200. The van der Waals surface area contributed by atoms with Crippen molar-refractivity contribution in [3.05, 3.63) is 58.8 Å². The first-order chi connectivity index (χ1) is 14.5. The van der Waals surface area contributed by atoms with Crippen molar-refractivity contribution in [3.8, 4) is 0 Å². The number of nitrogens with zero attached hydrogens (tertiary/aromatic N) is 2. The van der Waals surface area contributed by atoms with Gasteiger partial charge in [0.25, 0.3) is 11.8 Å². The summed E-state index contributed by atoms with van der Waals surface area (Å²) in [6, 6.07) is 5.40. The van der Waals surface area contributed by atoms with Crippen LogP contribution in [0.3, 0.4) is 0 Å². The number of rotatable bonds is 5. The lowest BCUT2D eigenvalue weighted by atomic mass is 9.84. The highest BCUT2D eigenvalue weighted by atomic mass is 19.1. The molecule has 1 saturated heterocycles. The maximum Gasteiger partial charge on any atom is 0.263 e. The largest absolute Gasteiger partial charge is 0.505 e. The molecule has 0 saturated carbocycles. The maximum atomic E-state index is 13.2. The summed E-state index contributed by atoms with van der Waals surface area (Å²) in [6.07, 6.45) is 2.84. The van der Waals surface area contributed by atoms with Gasteiger partial charge in [-0.3, -0.25) is 14.6 Å². The smallest absolute Gasteiger partial charge is 0.263 e. The molecule has 0 spiro atoms. The Bertz CT molecular complexity index is 954. The molecule has 2 atom stereocenters. The first-order valence-corrected chi connectivity index (χ1v) is 9.89. The molecule has 1 fully saturated rings. The second kappa shape index (κ2) is 8.37. The molecule has 2 amide bonds. The minimum absolute atomic E-state index is 0.0231. The molecule has 4 N–H and O–H groups in total. The number of hydrogen-bond acceptors (Lipinski definition) is 6. The quantitative estimate of drug-likeness (QED) is 0.514. The molecule has 0 aliphatic carbocycles. The van der Waals surface area contributed by atoms with E-state index in [1.807, 2.05) is 0 Å². The Morgan fingerprint density at radius 2 is 2.10 bits per heavy atom. The van der Waals surface area contributed by atoms with E-state index in [2.05, 4.69) is 15.6 Å². The Labute approximate surface area is 172 Å². The third-order valence-corrected chi connectivity index (χ3v) is 5.54. The van der Waals surface area contributed by atoms with Gasteiger partial charge in [0.05, 0.1) is 18.7 Å². The SMILES string of the molecule is O=C(NCCO)C1=C(O)C2=NC=C(Cc3ccc(F)cc3)C3NCCCN(C1=O)C23. The number of aliphatic hydroxyl groups excluding tert-OH is 2. The molecule has 2 unspecified atom stereocenters. The average molecular weight is 414 g/mol. The van der Waals surface area contributed by atoms with E-state index in [-0.39, 0.29) is 36.3 Å². The van der Waals surface area contributed by atoms with Crippen LogP contribution in [-0.4, -0.2) is 71.0 Å². The Hall–Kier alpha value is -3.04.